The first-order valence-electron chi connectivity index (χ1n) is 20.3. The molecule has 1 aliphatic carbocycles. The normalized spacial score (nSPS) is 11.3. The van der Waals surface area contributed by atoms with E-state index >= 15 is 0 Å². The summed E-state index contributed by atoms with van der Waals surface area (Å²) < 4.78 is 5.86. The maximum Gasteiger partial charge on any atom is 0.0547 e. The molecule has 0 bridgehead atoms. The summed E-state index contributed by atoms with van der Waals surface area (Å²) in [5, 5.41) is 7.80. The predicted molar refractivity (Wildman–Crippen MR) is 283 cm³/mol. The van der Waals surface area contributed by atoms with Crippen LogP contribution in [0.5, 0.6) is 0 Å². The van der Waals surface area contributed by atoms with Crippen LogP contribution in [0.15, 0.2) is 227 Å². The first kappa shape index (κ1) is 41.6. The molecule has 11 aromatic rings. The van der Waals surface area contributed by atoms with Crippen LogP contribution in [0, 0.1) is 3.57 Å². The van der Waals surface area contributed by atoms with Crippen molar-refractivity contribution in [2.45, 2.75) is 13.8 Å². The van der Waals surface area contributed by atoms with Crippen molar-refractivity contribution in [3.63, 3.8) is 0 Å². The van der Waals surface area contributed by atoms with Gasteiger partial charge in [-0.05, 0) is 168 Å². The fourth-order valence-corrected chi connectivity index (χ4v) is 9.38. The van der Waals surface area contributed by atoms with Crippen LogP contribution in [0.4, 0.5) is 0 Å². The van der Waals surface area contributed by atoms with Crippen LogP contribution in [-0.4, -0.2) is 4.57 Å². The predicted octanol–water partition coefficient (Wildman–Crippen LogP) is 18.1. The van der Waals surface area contributed by atoms with Crippen LogP contribution >= 0.6 is 54.5 Å². The maximum absolute atomic E-state index is 3.52. The lowest BCUT2D eigenvalue weighted by Gasteiger charge is -2.10. The van der Waals surface area contributed by atoms with Gasteiger partial charge in [-0.1, -0.05) is 185 Å². The van der Waals surface area contributed by atoms with Crippen LogP contribution in [0.3, 0.4) is 0 Å². The molecule has 0 aliphatic heterocycles. The van der Waals surface area contributed by atoms with E-state index in [-0.39, 0.29) is 7.43 Å². The van der Waals surface area contributed by atoms with Gasteiger partial charge in [0.25, 0.3) is 0 Å². The Hall–Kier alpha value is -5.79. The van der Waals surface area contributed by atoms with Gasteiger partial charge in [-0.2, -0.15) is 0 Å². The van der Waals surface area contributed by atoms with Crippen LogP contribution in [0.2, 0.25) is 0 Å². The standard InChI is InChI=1S/C28H18BrN.C17H12.C12H8BrI.CH4/c29-23-13-9-19(10-14-23)20-11-15-24(16-12-20)30-27-8-4-3-7-25(27)26-17-21-5-1-2-6-22(21)18-28(26)30;1-2-6-13-11-17-15(9-12(13)5-1)10-14-7-3-4-8-16(14)17;13-11-5-1-9(2-6-11)10-3-7-12(14)8-4-10;/h1-18H;1-9,11H,10H2;1-8H;1H4. The molecule has 0 unspecified atom stereocenters. The number of para-hydroxylation sites is 1. The first-order valence-corrected chi connectivity index (χ1v) is 23.0. The number of halogens is 3. The highest BCUT2D eigenvalue weighted by molar-refractivity contribution is 14.1. The monoisotopic (exact) mass is 1040 g/mol. The maximum atomic E-state index is 3.52. The van der Waals surface area contributed by atoms with E-state index < -0.39 is 0 Å². The molecule has 0 saturated carbocycles. The molecule has 1 heterocycles. The van der Waals surface area contributed by atoms with Crippen LogP contribution in [-0.2, 0) is 6.42 Å². The Bertz CT molecular complexity index is 3290. The minimum atomic E-state index is 0. The van der Waals surface area contributed by atoms with Gasteiger partial charge < -0.3 is 4.57 Å². The molecule has 0 radical (unpaired) electrons. The molecule has 0 amide bonds. The van der Waals surface area contributed by atoms with Crippen LogP contribution in [0.25, 0.3) is 82.4 Å². The van der Waals surface area contributed by atoms with E-state index in [0.29, 0.717) is 0 Å². The Labute approximate surface area is 394 Å². The number of rotatable bonds is 3. The third-order valence-corrected chi connectivity index (χ3v) is 13.3. The smallest absolute Gasteiger partial charge is 0.0547 e. The number of aromatic nitrogens is 1. The minimum absolute atomic E-state index is 0. The number of nitrogens with zero attached hydrogens (tertiary/aromatic N) is 1. The summed E-state index contributed by atoms with van der Waals surface area (Å²) in [6.45, 7) is 0. The fourth-order valence-electron chi connectivity index (χ4n) is 8.49. The molecule has 1 aliphatic rings. The Morgan fingerprint density at radius 1 is 0.371 bits per heavy atom. The van der Waals surface area contributed by atoms with Crippen molar-refractivity contribution >= 4 is 97.8 Å². The van der Waals surface area contributed by atoms with Gasteiger partial charge in [0, 0.05) is 29.0 Å². The lowest BCUT2D eigenvalue weighted by atomic mass is 10.0. The van der Waals surface area contributed by atoms with Gasteiger partial charge in [-0.3, -0.25) is 0 Å². The highest BCUT2D eigenvalue weighted by Gasteiger charge is 2.18. The molecule has 0 spiro atoms. The van der Waals surface area contributed by atoms with E-state index in [1.807, 2.05) is 0 Å². The molecule has 300 valence electrons. The van der Waals surface area contributed by atoms with Crippen molar-refractivity contribution in [2.75, 3.05) is 0 Å². The summed E-state index contributed by atoms with van der Waals surface area (Å²) in [7, 11) is 0. The molecule has 10 aromatic carbocycles. The second kappa shape index (κ2) is 18.3. The molecule has 0 fully saturated rings. The van der Waals surface area contributed by atoms with Gasteiger partial charge in [0.05, 0.1) is 11.0 Å². The molecule has 0 atom stereocenters. The summed E-state index contributed by atoms with van der Waals surface area (Å²) in [5.41, 5.74) is 14.4. The molecule has 12 rings (SSSR count). The Morgan fingerprint density at radius 2 is 0.839 bits per heavy atom. The third kappa shape index (κ3) is 8.52. The van der Waals surface area contributed by atoms with Crippen LogP contribution in [0.1, 0.15) is 18.6 Å². The van der Waals surface area contributed by atoms with E-state index in [1.54, 1.807) is 0 Å². The van der Waals surface area contributed by atoms with Crippen molar-refractivity contribution in [3.8, 4) is 39.1 Å². The second-order valence-corrected chi connectivity index (χ2v) is 18.4. The SMILES string of the molecule is Brc1ccc(-c2ccc(-n3c4ccccc4c4cc5ccccc5cc43)cc2)cc1.Brc1ccc(-c2ccc(I)cc2)cc1.C.c1ccc2c(c1)Cc1cc3ccccc3cc1-2. The zero-order chi connectivity index (χ0) is 41.3. The highest BCUT2D eigenvalue weighted by Crippen LogP contribution is 2.39. The van der Waals surface area contributed by atoms with Crippen molar-refractivity contribution in [2.24, 2.45) is 0 Å². The molecule has 1 nitrogen and oxygen atoms in total. The Balaban J connectivity index is 0.000000130. The minimum Gasteiger partial charge on any atom is -0.309 e. The highest BCUT2D eigenvalue weighted by atomic mass is 127. The van der Waals surface area contributed by atoms with Gasteiger partial charge in [0.2, 0.25) is 0 Å². The molecule has 62 heavy (non-hydrogen) atoms. The number of benzene rings is 10. The zero-order valence-corrected chi connectivity index (χ0v) is 38.4. The van der Waals surface area contributed by atoms with E-state index in [9.17, 15) is 0 Å². The fraction of sp³-hybridized carbons (Fsp3) is 0.0345. The first-order chi connectivity index (χ1) is 29.9. The lowest BCUT2D eigenvalue weighted by molar-refractivity contribution is 1.18. The Morgan fingerprint density at radius 3 is 1.45 bits per heavy atom. The van der Waals surface area contributed by atoms with E-state index in [0.717, 1.165) is 15.4 Å². The third-order valence-electron chi connectivity index (χ3n) is 11.5. The summed E-state index contributed by atoms with van der Waals surface area (Å²) in [6, 6.07) is 78.1. The summed E-state index contributed by atoms with van der Waals surface area (Å²) in [5.74, 6) is 0. The number of hydrogen-bond acceptors (Lipinski definition) is 0. The van der Waals surface area contributed by atoms with Crippen molar-refractivity contribution in [1.29, 1.82) is 0 Å². The number of hydrogen-bond donors (Lipinski definition) is 0. The topological polar surface area (TPSA) is 4.93 Å². The average Bonchev–Trinajstić information content (AvgIpc) is 3.83. The summed E-state index contributed by atoms with van der Waals surface area (Å²) in [4.78, 5) is 0. The summed E-state index contributed by atoms with van der Waals surface area (Å²) >= 11 is 9.26. The zero-order valence-electron chi connectivity index (χ0n) is 33.1. The lowest BCUT2D eigenvalue weighted by Crippen LogP contribution is -1.93. The van der Waals surface area contributed by atoms with Gasteiger partial charge in [-0.25, -0.2) is 0 Å². The van der Waals surface area contributed by atoms with Gasteiger partial charge in [0.15, 0.2) is 0 Å². The van der Waals surface area contributed by atoms with Gasteiger partial charge in [-0.15, -0.1) is 0 Å². The average molecular weight is 1040 g/mol. The van der Waals surface area contributed by atoms with Gasteiger partial charge >= 0.3 is 0 Å². The molecule has 0 N–H and O–H groups in total. The summed E-state index contributed by atoms with van der Waals surface area (Å²) in [6.07, 6.45) is 1.08. The van der Waals surface area contributed by atoms with Crippen molar-refractivity contribution in [1.82, 2.24) is 4.57 Å². The van der Waals surface area contributed by atoms with Gasteiger partial charge in [0.1, 0.15) is 0 Å². The Kier molecular flexibility index (Phi) is 12.3. The van der Waals surface area contributed by atoms with Crippen molar-refractivity contribution < 1.29 is 0 Å². The molecule has 1 aromatic heterocycles. The van der Waals surface area contributed by atoms with E-state index in [1.165, 1.54) is 97.1 Å². The molecule has 0 saturated heterocycles. The quantitative estimate of drug-likeness (QED) is 0.155. The molecule has 4 heteroatoms. The second-order valence-electron chi connectivity index (χ2n) is 15.3. The van der Waals surface area contributed by atoms with E-state index in [2.05, 4.69) is 277 Å². The van der Waals surface area contributed by atoms with E-state index in [4.69, 9.17) is 0 Å². The molecular weight excluding hydrogens is 997 g/mol. The number of fused-ring (bicyclic) bond motifs is 8. The van der Waals surface area contributed by atoms with Crippen LogP contribution < -0.4 is 0 Å². The van der Waals surface area contributed by atoms with Crippen molar-refractivity contribution in [3.05, 3.63) is 242 Å². The largest absolute Gasteiger partial charge is 0.309 e. The molecular formula is C58H42Br2IN.